The molecule has 10 heteroatoms. The highest BCUT2D eigenvalue weighted by atomic mass is 32.2. The Morgan fingerprint density at radius 2 is 1.29 bits per heavy atom. The average molecular weight is 469 g/mol. The fourth-order valence-electron chi connectivity index (χ4n) is 3.72. The van der Waals surface area contributed by atoms with Crippen LogP contribution in [0.5, 0.6) is 11.5 Å². The summed E-state index contributed by atoms with van der Waals surface area (Å²) >= 11 is 0. The summed E-state index contributed by atoms with van der Waals surface area (Å²) in [5.74, 6) is 0.540. The fourth-order valence-corrected chi connectivity index (χ4v) is 7.12. The molecule has 0 unspecified atom stereocenters. The van der Waals surface area contributed by atoms with E-state index in [1.807, 2.05) is 13.8 Å². The van der Waals surface area contributed by atoms with Gasteiger partial charge in [0.1, 0.15) is 21.3 Å². The van der Waals surface area contributed by atoms with Crippen molar-refractivity contribution >= 4 is 20.0 Å². The number of benzene rings is 2. The van der Waals surface area contributed by atoms with Crippen LogP contribution in [-0.2, 0) is 20.0 Å². The van der Waals surface area contributed by atoms with Crippen LogP contribution in [0.15, 0.2) is 46.2 Å². The molecule has 1 aliphatic heterocycles. The van der Waals surface area contributed by atoms with Crippen LogP contribution >= 0.6 is 0 Å². The van der Waals surface area contributed by atoms with Crippen LogP contribution in [0.1, 0.15) is 18.1 Å². The Morgan fingerprint density at radius 1 is 0.806 bits per heavy atom. The van der Waals surface area contributed by atoms with Gasteiger partial charge in [0, 0.05) is 25.7 Å². The van der Waals surface area contributed by atoms with E-state index in [1.54, 1.807) is 31.2 Å². The molecule has 1 saturated heterocycles. The smallest absolute Gasteiger partial charge is 0.247 e. The molecular weight excluding hydrogens is 440 g/mol. The molecule has 170 valence electrons. The number of nitrogens with zero attached hydrogens (tertiary/aromatic N) is 2. The first-order chi connectivity index (χ1) is 14.5. The summed E-state index contributed by atoms with van der Waals surface area (Å²) in [5.41, 5.74) is 1.76. The van der Waals surface area contributed by atoms with Gasteiger partial charge in [-0.05, 0) is 56.2 Å². The molecule has 0 spiro atoms. The molecule has 2 aromatic rings. The van der Waals surface area contributed by atoms with E-state index in [4.69, 9.17) is 9.47 Å². The maximum absolute atomic E-state index is 13.3. The highest BCUT2D eigenvalue weighted by molar-refractivity contribution is 7.89. The summed E-state index contributed by atoms with van der Waals surface area (Å²) in [6.45, 7) is 5.51. The van der Waals surface area contributed by atoms with Gasteiger partial charge in [-0.25, -0.2) is 16.8 Å². The number of methoxy groups -OCH3 is 2. The third kappa shape index (κ3) is 4.43. The van der Waals surface area contributed by atoms with Crippen molar-refractivity contribution in [2.75, 3.05) is 33.9 Å². The van der Waals surface area contributed by atoms with Gasteiger partial charge in [0.05, 0.1) is 14.2 Å². The molecule has 0 amide bonds. The molecule has 0 aliphatic carbocycles. The van der Waals surface area contributed by atoms with Crippen LogP contribution in [0.25, 0.3) is 0 Å². The number of ether oxygens (including phenoxy) is 2. The lowest BCUT2D eigenvalue weighted by Crippen LogP contribution is -2.55. The van der Waals surface area contributed by atoms with E-state index in [2.05, 4.69) is 0 Å². The largest absolute Gasteiger partial charge is 0.495 e. The van der Waals surface area contributed by atoms with E-state index in [0.717, 1.165) is 11.1 Å². The summed E-state index contributed by atoms with van der Waals surface area (Å²) in [6.07, 6.45) is 0. The third-order valence-electron chi connectivity index (χ3n) is 5.37. The Bertz CT molecular complexity index is 1180. The Labute approximate surface area is 184 Å². The summed E-state index contributed by atoms with van der Waals surface area (Å²) in [4.78, 5) is 0.147. The predicted octanol–water partition coefficient (Wildman–Crippen LogP) is 2.40. The molecule has 3 rings (SSSR count). The molecule has 1 heterocycles. The van der Waals surface area contributed by atoms with E-state index in [-0.39, 0.29) is 40.9 Å². The van der Waals surface area contributed by atoms with Crippen molar-refractivity contribution < 1.29 is 26.3 Å². The number of aryl methyl sites for hydroxylation is 2. The minimum atomic E-state index is -3.86. The molecule has 0 radical (unpaired) electrons. The molecule has 31 heavy (non-hydrogen) atoms. The second-order valence-electron chi connectivity index (χ2n) is 7.64. The minimum absolute atomic E-state index is 0.0345. The highest BCUT2D eigenvalue weighted by Gasteiger charge is 2.39. The topological polar surface area (TPSA) is 93.2 Å². The van der Waals surface area contributed by atoms with Crippen LogP contribution in [0, 0.1) is 13.8 Å². The van der Waals surface area contributed by atoms with Crippen molar-refractivity contribution in [2.45, 2.75) is 36.6 Å². The molecule has 0 aromatic heterocycles. The Morgan fingerprint density at radius 3 is 1.74 bits per heavy atom. The van der Waals surface area contributed by atoms with E-state index in [1.165, 1.54) is 35.0 Å². The third-order valence-corrected chi connectivity index (χ3v) is 9.33. The van der Waals surface area contributed by atoms with Gasteiger partial charge in [-0.15, -0.1) is 0 Å². The van der Waals surface area contributed by atoms with Gasteiger partial charge < -0.3 is 9.47 Å². The molecule has 8 nitrogen and oxygen atoms in total. The molecule has 2 aromatic carbocycles. The zero-order valence-corrected chi connectivity index (χ0v) is 20.0. The van der Waals surface area contributed by atoms with Crippen molar-refractivity contribution in [3.63, 3.8) is 0 Å². The monoisotopic (exact) mass is 468 g/mol. The summed E-state index contributed by atoms with van der Waals surface area (Å²) in [5, 5.41) is 0. The summed E-state index contributed by atoms with van der Waals surface area (Å²) in [6, 6.07) is 9.25. The van der Waals surface area contributed by atoms with Crippen molar-refractivity contribution in [2.24, 2.45) is 0 Å². The SMILES string of the molecule is COc1cc(C)ccc1S(=O)(=O)N1CCN(S(=O)(=O)c2ccc(C)cc2OC)[C@H](C)C1. The average Bonchev–Trinajstić information content (AvgIpc) is 2.72. The molecule has 1 aliphatic rings. The molecule has 0 bridgehead atoms. The first-order valence-electron chi connectivity index (χ1n) is 9.83. The van der Waals surface area contributed by atoms with Crippen LogP contribution in [0.3, 0.4) is 0 Å². The fraction of sp³-hybridized carbons (Fsp3) is 0.429. The first kappa shape index (κ1) is 23.5. The van der Waals surface area contributed by atoms with E-state index >= 15 is 0 Å². The quantitative estimate of drug-likeness (QED) is 0.646. The maximum atomic E-state index is 13.3. The number of piperazine rings is 1. The lowest BCUT2D eigenvalue weighted by Gasteiger charge is -2.38. The second kappa shape index (κ2) is 8.78. The van der Waals surface area contributed by atoms with E-state index in [0.29, 0.717) is 0 Å². The zero-order chi connectivity index (χ0) is 23.0. The number of hydrogen-bond donors (Lipinski definition) is 0. The number of rotatable bonds is 6. The van der Waals surface area contributed by atoms with Crippen LogP contribution in [-0.4, -0.2) is 65.3 Å². The molecule has 0 N–H and O–H groups in total. The van der Waals surface area contributed by atoms with E-state index < -0.39 is 26.1 Å². The first-order valence-corrected chi connectivity index (χ1v) is 12.7. The lowest BCUT2D eigenvalue weighted by molar-refractivity contribution is 0.212. The highest BCUT2D eigenvalue weighted by Crippen LogP contribution is 2.32. The van der Waals surface area contributed by atoms with Gasteiger partial charge in [0.15, 0.2) is 0 Å². The molecule has 1 fully saturated rings. The Kier molecular flexibility index (Phi) is 6.66. The van der Waals surface area contributed by atoms with Crippen molar-refractivity contribution in [3.05, 3.63) is 47.5 Å². The summed E-state index contributed by atoms with van der Waals surface area (Å²) in [7, 11) is -4.85. The van der Waals surface area contributed by atoms with Gasteiger partial charge in [-0.3, -0.25) is 0 Å². The van der Waals surface area contributed by atoms with Crippen molar-refractivity contribution in [1.82, 2.24) is 8.61 Å². The van der Waals surface area contributed by atoms with Crippen LogP contribution < -0.4 is 9.47 Å². The van der Waals surface area contributed by atoms with E-state index in [9.17, 15) is 16.8 Å². The Balaban J connectivity index is 1.89. The maximum Gasteiger partial charge on any atom is 0.247 e. The molecule has 0 saturated carbocycles. The van der Waals surface area contributed by atoms with Gasteiger partial charge in [-0.1, -0.05) is 12.1 Å². The molecular formula is C21H28N2O6S2. The lowest BCUT2D eigenvalue weighted by atomic mass is 10.2. The predicted molar refractivity (Wildman–Crippen MR) is 118 cm³/mol. The summed E-state index contributed by atoms with van der Waals surface area (Å²) < 4.78 is 66.3. The Hall–Kier alpha value is -2.14. The van der Waals surface area contributed by atoms with Crippen molar-refractivity contribution in [3.8, 4) is 11.5 Å². The van der Waals surface area contributed by atoms with Gasteiger partial charge in [0.25, 0.3) is 0 Å². The number of sulfonamides is 2. The van der Waals surface area contributed by atoms with Crippen LogP contribution in [0.2, 0.25) is 0 Å². The van der Waals surface area contributed by atoms with Crippen molar-refractivity contribution in [1.29, 1.82) is 0 Å². The van der Waals surface area contributed by atoms with Gasteiger partial charge in [-0.2, -0.15) is 8.61 Å². The second-order valence-corrected chi connectivity index (χ2v) is 11.4. The normalized spacial score (nSPS) is 18.7. The minimum Gasteiger partial charge on any atom is -0.495 e. The standard InChI is InChI=1S/C21H28N2O6S2/c1-15-6-8-20(18(12-15)28-4)30(24,25)22-10-11-23(17(3)14-22)31(26,27)21-9-7-16(2)13-19(21)29-5/h6-9,12-13,17H,10-11,14H2,1-5H3/t17-/m1/s1. The van der Waals surface area contributed by atoms with Gasteiger partial charge >= 0.3 is 0 Å². The number of hydrogen-bond acceptors (Lipinski definition) is 6. The van der Waals surface area contributed by atoms with Gasteiger partial charge in [0.2, 0.25) is 20.0 Å². The zero-order valence-electron chi connectivity index (χ0n) is 18.3. The molecule has 1 atom stereocenters. The van der Waals surface area contributed by atoms with Crippen LogP contribution in [0.4, 0.5) is 0 Å².